The number of ether oxygens (including phenoxy) is 2. The predicted molar refractivity (Wildman–Crippen MR) is 145 cm³/mol. The van der Waals surface area contributed by atoms with Crippen molar-refractivity contribution in [2.75, 3.05) is 13.9 Å². The number of allylic oxidation sites excluding steroid dienone is 4. The van der Waals surface area contributed by atoms with E-state index in [4.69, 9.17) is 13.9 Å². The quantitative estimate of drug-likeness (QED) is 0.140. The third kappa shape index (κ3) is 9.21. The first-order chi connectivity index (χ1) is 17.0. The van der Waals surface area contributed by atoms with Gasteiger partial charge < -0.3 is 19.0 Å². The van der Waals surface area contributed by atoms with E-state index in [0.717, 1.165) is 25.7 Å². The summed E-state index contributed by atoms with van der Waals surface area (Å²) < 4.78 is 16.7. The summed E-state index contributed by atoms with van der Waals surface area (Å²) in [5.74, 6) is 1.06. The number of unbranched alkanes of at least 4 members (excludes halogenated alkanes) is 8. The molecule has 0 aliphatic heterocycles. The van der Waals surface area contributed by atoms with E-state index < -0.39 is 0 Å². The summed E-state index contributed by atoms with van der Waals surface area (Å²) in [4.78, 5) is 12.7. The number of methoxy groups -OCH3 is 1. The van der Waals surface area contributed by atoms with Crippen LogP contribution in [0.2, 0.25) is 0 Å². The second-order valence-electron chi connectivity index (χ2n) is 9.24. The maximum absolute atomic E-state index is 12.7. The minimum atomic E-state index is -0.217. The number of rotatable bonds is 17. The van der Waals surface area contributed by atoms with Crippen molar-refractivity contribution in [1.29, 1.82) is 0 Å². The minimum absolute atomic E-state index is 0.0580. The van der Waals surface area contributed by atoms with E-state index in [2.05, 4.69) is 31.2 Å². The first kappa shape index (κ1) is 28.7. The monoisotopic (exact) mass is 484 g/mol. The van der Waals surface area contributed by atoms with E-state index in [1.807, 2.05) is 6.92 Å². The lowest BCUT2D eigenvalue weighted by Crippen LogP contribution is -2.08. The van der Waals surface area contributed by atoms with Gasteiger partial charge in [-0.1, -0.05) is 63.3 Å². The van der Waals surface area contributed by atoms with Crippen LogP contribution in [0.15, 0.2) is 39.6 Å². The van der Waals surface area contributed by atoms with Gasteiger partial charge in [0.25, 0.3) is 0 Å². The maximum Gasteiger partial charge on any atom is 0.196 e. The third-order valence-electron chi connectivity index (χ3n) is 6.31. The molecule has 0 fully saturated rings. The molecule has 1 heterocycles. The average Bonchev–Trinajstić information content (AvgIpc) is 2.84. The number of benzene rings is 1. The SMILES string of the molecule is CCCCC/C=C\C/C=C\CCCCCCCc1cc(=O)c2c(O)c(C)c(OCOC)c(C)c2o1. The Morgan fingerprint density at radius 1 is 0.914 bits per heavy atom. The third-order valence-corrected chi connectivity index (χ3v) is 6.31. The van der Waals surface area contributed by atoms with Crippen LogP contribution in [0.3, 0.4) is 0 Å². The molecule has 1 N–H and O–H groups in total. The van der Waals surface area contributed by atoms with E-state index in [1.165, 1.54) is 58.1 Å². The molecular weight excluding hydrogens is 440 g/mol. The summed E-state index contributed by atoms with van der Waals surface area (Å²) in [7, 11) is 1.54. The molecule has 2 aromatic rings. The highest BCUT2D eigenvalue weighted by atomic mass is 16.7. The smallest absolute Gasteiger partial charge is 0.196 e. The molecule has 0 aliphatic rings. The van der Waals surface area contributed by atoms with E-state index >= 15 is 0 Å². The van der Waals surface area contributed by atoms with Gasteiger partial charge in [0.15, 0.2) is 12.2 Å². The van der Waals surface area contributed by atoms with Gasteiger partial charge in [-0.2, -0.15) is 0 Å². The summed E-state index contributed by atoms with van der Waals surface area (Å²) in [6.45, 7) is 5.86. The molecule has 5 heteroatoms. The van der Waals surface area contributed by atoms with Crippen molar-refractivity contribution < 1.29 is 19.0 Å². The van der Waals surface area contributed by atoms with Crippen LogP contribution in [-0.2, 0) is 11.2 Å². The minimum Gasteiger partial charge on any atom is -0.507 e. The van der Waals surface area contributed by atoms with Crippen LogP contribution in [0.25, 0.3) is 11.0 Å². The Hall–Kier alpha value is -2.53. The zero-order valence-corrected chi connectivity index (χ0v) is 22.2. The van der Waals surface area contributed by atoms with Crippen molar-refractivity contribution in [3.63, 3.8) is 0 Å². The van der Waals surface area contributed by atoms with E-state index in [0.29, 0.717) is 34.6 Å². The Bertz CT molecular complexity index is 1020. The average molecular weight is 485 g/mol. The van der Waals surface area contributed by atoms with E-state index in [-0.39, 0.29) is 23.4 Å². The number of hydrogen-bond donors (Lipinski definition) is 1. The molecule has 2 rings (SSSR count). The Kier molecular flexibility index (Phi) is 13.3. The largest absolute Gasteiger partial charge is 0.507 e. The highest BCUT2D eigenvalue weighted by Gasteiger charge is 2.20. The summed E-state index contributed by atoms with van der Waals surface area (Å²) in [5, 5.41) is 10.8. The van der Waals surface area contributed by atoms with Crippen LogP contribution < -0.4 is 10.2 Å². The molecule has 5 nitrogen and oxygen atoms in total. The van der Waals surface area contributed by atoms with Crippen molar-refractivity contribution in [3.8, 4) is 11.5 Å². The molecule has 35 heavy (non-hydrogen) atoms. The fourth-order valence-corrected chi connectivity index (χ4v) is 4.28. The van der Waals surface area contributed by atoms with Crippen LogP contribution in [0, 0.1) is 13.8 Å². The van der Waals surface area contributed by atoms with Crippen molar-refractivity contribution in [3.05, 3.63) is 57.5 Å². The summed E-state index contributed by atoms with van der Waals surface area (Å²) in [6, 6.07) is 1.51. The number of aromatic hydroxyl groups is 1. The number of fused-ring (bicyclic) bond motifs is 1. The second-order valence-corrected chi connectivity index (χ2v) is 9.24. The number of hydrogen-bond acceptors (Lipinski definition) is 5. The van der Waals surface area contributed by atoms with Gasteiger partial charge in [-0.3, -0.25) is 4.79 Å². The van der Waals surface area contributed by atoms with Gasteiger partial charge in [0.1, 0.15) is 28.2 Å². The summed E-state index contributed by atoms with van der Waals surface area (Å²) in [5.41, 5.74) is 1.39. The predicted octanol–water partition coefficient (Wildman–Crippen LogP) is 8.06. The highest BCUT2D eigenvalue weighted by Crippen LogP contribution is 2.38. The van der Waals surface area contributed by atoms with Crippen molar-refractivity contribution in [1.82, 2.24) is 0 Å². The highest BCUT2D eigenvalue weighted by molar-refractivity contribution is 5.89. The first-order valence-corrected chi connectivity index (χ1v) is 13.2. The van der Waals surface area contributed by atoms with Gasteiger partial charge in [-0.15, -0.1) is 0 Å². The summed E-state index contributed by atoms with van der Waals surface area (Å²) in [6.07, 6.45) is 22.8. The number of phenolic OH excluding ortho intramolecular Hbond substituents is 1. The van der Waals surface area contributed by atoms with Crippen molar-refractivity contribution >= 4 is 11.0 Å². The van der Waals surface area contributed by atoms with E-state index in [9.17, 15) is 9.90 Å². The topological polar surface area (TPSA) is 68.9 Å². The van der Waals surface area contributed by atoms with Gasteiger partial charge in [0.2, 0.25) is 0 Å². The lowest BCUT2D eigenvalue weighted by atomic mass is 10.0. The summed E-state index contributed by atoms with van der Waals surface area (Å²) >= 11 is 0. The van der Waals surface area contributed by atoms with Crippen LogP contribution >= 0.6 is 0 Å². The van der Waals surface area contributed by atoms with Gasteiger partial charge in [0, 0.05) is 30.7 Å². The normalized spacial score (nSPS) is 11.9. The zero-order valence-electron chi connectivity index (χ0n) is 22.2. The Morgan fingerprint density at radius 3 is 2.26 bits per heavy atom. The second kappa shape index (κ2) is 16.2. The van der Waals surface area contributed by atoms with Crippen LogP contribution in [0.1, 0.15) is 94.4 Å². The molecule has 0 amide bonds. The van der Waals surface area contributed by atoms with Crippen molar-refractivity contribution in [2.45, 2.75) is 97.8 Å². The number of phenols is 1. The maximum atomic E-state index is 12.7. The van der Waals surface area contributed by atoms with Gasteiger partial charge in [-0.25, -0.2) is 0 Å². The molecule has 0 unspecified atom stereocenters. The molecule has 1 aromatic heterocycles. The molecule has 194 valence electrons. The van der Waals surface area contributed by atoms with E-state index in [1.54, 1.807) is 6.92 Å². The Morgan fingerprint density at radius 2 is 1.57 bits per heavy atom. The molecule has 0 spiro atoms. The lowest BCUT2D eigenvalue weighted by molar-refractivity contribution is 0.0500. The van der Waals surface area contributed by atoms with Gasteiger partial charge in [0.05, 0.1) is 0 Å². The van der Waals surface area contributed by atoms with Gasteiger partial charge in [-0.05, 0) is 52.4 Å². The van der Waals surface area contributed by atoms with Crippen LogP contribution in [-0.4, -0.2) is 19.0 Å². The van der Waals surface area contributed by atoms with Crippen LogP contribution in [0.5, 0.6) is 11.5 Å². The molecule has 0 saturated heterocycles. The van der Waals surface area contributed by atoms with Gasteiger partial charge >= 0.3 is 0 Å². The molecule has 0 saturated carbocycles. The Balaban J connectivity index is 1.76. The standard InChI is InChI=1S/C30H44O5/c1-5-6-7-8-9-10-11-12-13-14-15-16-17-18-19-20-25-21-26(31)27-28(32)23(2)29(34-22-33-4)24(3)30(27)35-25/h9-10,12-13,21,32H,5-8,11,14-20,22H2,1-4H3/b10-9-,13-12-. The lowest BCUT2D eigenvalue weighted by Gasteiger charge is -2.15. The van der Waals surface area contributed by atoms with Crippen LogP contribution in [0.4, 0.5) is 0 Å². The molecule has 0 bridgehead atoms. The van der Waals surface area contributed by atoms with Crippen molar-refractivity contribution in [2.24, 2.45) is 0 Å². The molecule has 0 aliphatic carbocycles. The zero-order chi connectivity index (χ0) is 25.5. The fourth-order valence-electron chi connectivity index (χ4n) is 4.28. The first-order valence-electron chi connectivity index (χ1n) is 13.2. The fraction of sp³-hybridized carbons (Fsp3) is 0.567. The molecular formula is C30H44O5. The molecule has 0 radical (unpaired) electrons. The molecule has 1 aromatic carbocycles. The molecule has 0 atom stereocenters. The Labute approximate surface area is 210 Å². The number of aryl methyl sites for hydroxylation is 2.